The van der Waals surface area contributed by atoms with Crippen molar-refractivity contribution < 1.29 is 4.39 Å². The Morgan fingerprint density at radius 1 is 1.58 bits per heavy atom. The van der Waals surface area contributed by atoms with Gasteiger partial charge in [0.1, 0.15) is 11.3 Å². The summed E-state index contributed by atoms with van der Waals surface area (Å²) in [6.07, 6.45) is 3.25. The summed E-state index contributed by atoms with van der Waals surface area (Å²) in [5, 5.41) is 4.52. The Hall–Kier alpha value is -0.570. The predicted molar refractivity (Wildman–Crippen MR) is 45.0 cm³/mol. The number of halogens is 2. The molecule has 1 heterocycles. The summed E-state index contributed by atoms with van der Waals surface area (Å²) in [7, 11) is 0. The topological polar surface area (TPSA) is 17.8 Å². The highest BCUT2D eigenvalue weighted by atomic mass is 35.5. The van der Waals surface area contributed by atoms with Gasteiger partial charge in [0.15, 0.2) is 0 Å². The van der Waals surface area contributed by atoms with E-state index in [2.05, 4.69) is 5.10 Å². The van der Waals surface area contributed by atoms with Crippen LogP contribution in [-0.4, -0.2) is 16.0 Å². The van der Waals surface area contributed by atoms with Gasteiger partial charge in [-0.1, -0.05) is 11.6 Å². The third kappa shape index (κ3) is 1.22. The van der Waals surface area contributed by atoms with Gasteiger partial charge in [-0.15, -0.1) is 0 Å². The zero-order valence-corrected chi connectivity index (χ0v) is 7.34. The fraction of sp³-hybridized carbons (Fsp3) is 0.625. The minimum atomic E-state index is -0.776. The smallest absolute Gasteiger partial charge is 0.127 e. The summed E-state index contributed by atoms with van der Waals surface area (Å²) < 4.78 is 14.8. The Kier molecular flexibility index (Phi) is 2.05. The second kappa shape index (κ2) is 3.05. The van der Waals surface area contributed by atoms with Crippen molar-refractivity contribution in [3.8, 4) is 0 Å². The lowest BCUT2D eigenvalue weighted by Crippen LogP contribution is -2.15. The fourth-order valence-electron chi connectivity index (χ4n) is 1.71. The van der Waals surface area contributed by atoms with Gasteiger partial charge < -0.3 is 0 Å². The SMILES string of the molecule is FC1CCCC1n1nccc1Cl. The van der Waals surface area contributed by atoms with E-state index in [1.165, 1.54) is 0 Å². The molecule has 0 spiro atoms. The van der Waals surface area contributed by atoms with Crippen LogP contribution < -0.4 is 0 Å². The van der Waals surface area contributed by atoms with Crippen molar-refractivity contribution in [2.24, 2.45) is 0 Å². The monoisotopic (exact) mass is 188 g/mol. The van der Waals surface area contributed by atoms with E-state index in [4.69, 9.17) is 11.6 Å². The summed E-state index contributed by atoms with van der Waals surface area (Å²) in [4.78, 5) is 0. The molecule has 0 N–H and O–H groups in total. The van der Waals surface area contributed by atoms with E-state index in [0.717, 1.165) is 12.8 Å². The second-order valence-electron chi connectivity index (χ2n) is 3.11. The molecule has 0 amide bonds. The van der Waals surface area contributed by atoms with Crippen LogP contribution in [0.25, 0.3) is 0 Å². The first-order valence-electron chi connectivity index (χ1n) is 4.12. The highest BCUT2D eigenvalue weighted by molar-refractivity contribution is 6.29. The van der Waals surface area contributed by atoms with Crippen molar-refractivity contribution in [1.29, 1.82) is 0 Å². The Morgan fingerprint density at radius 2 is 2.42 bits per heavy atom. The predicted octanol–water partition coefficient (Wildman–Crippen LogP) is 2.60. The van der Waals surface area contributed by atoms with Gasteiger partial charge in [-0.05, 0) is 25.3 Å². The van der Waals surface area contributed by atoms with Crippen LogP contribution in [0.3, 0.4) is 0 Å². The molecule has 12 heavy (non-hydrogen) atoms. The highest BCUT2D eigenvalue weighted by Crippen LogP contribution is 2.33. The van der Waals surface area contributed by atoms with Crippen LogP contribution in [-0.2, 0) is 0 Å². The first-order valence-corrected chi connectivity index (χ1v) is 4.50. The van der Waals surface area contributed by atoms with E-state index < -0.39 is 6.17 Å². The third-order valence-corrected chi connectivity index (χ3v) is 2.63. The number of hydrogen-bond acceptors (Lipinski definition) is 1. The highest BCUT2D eigenvalue weighted by Gasteiger charge is 2.29. The first-order chi connectivity index (χ1) is 5.79. The summed E-state index contributed by atoms with van der Waals surface area (Å²) in [5.74, 6) is 0. The van der Waals surface area contributed by atoms with Gasteiger partial charge in [0, 0.05) is 0 Å². The van der Waals surface area contributed by atoms with Gasteiger partial charge in [-0.3, -0.25) is 0 Å². The molecule has 0 aliphatic heterocycles. The van der Waals surface area contributed by atoms with Crippen LogP contribution in [0.15, 0.2) is 12.3 Å². The zero-order valence-electron chi connectivity index (χ0n) is 6.58. The molecule has 0 aromatic carbocycles. The molecule has 1 aromatic heterocycles. The van der Waals surface area contributed by atoms with Crippen molar-refractivity contribution >= 4 is 11.6 Å². The van der Waals surface area contributed by atoms with Crippen LogP contribution >= 0.6 is 11.6 Å². The molecule has 2 nitrogen and oxygen atoms in total. The number of nitrogens with zero attached hydrogens (tertiary/aromatic N) is 2. The van der Waals surface area contributed by atoms with Gasteiger partial charge in [-0.2, -0.15) is 5.10 Å². The van der Waals surface area contributed by atoms with Crippen molar-refractivity contribution in [3.05, 3.63) is 17.4 Å². The maximum absolute atomic E-state index is 13.2. The van der Waals surface area contributed by atoms with E-state index in [-0.39, 0.29) is 6.04 Å². The average Bonchev–Trinajstić information content (AvgIpc) is 2.59. The van der Waals surface area contributed by atoms with Gasteiger partial charge in [0.05, 0.1) is 12.2 Å². The van der Waals surface area contributed by atoms with Gasteiger partial charge in [-0.25, -0.2) is 9.07 Å². The maximum atomic E-state index is 13.2. The molecule has 2 unspecified atom stereocenters. The molecule has 0 radical (unpaired) electrons. The zero-order chi connectivity index (χ0) is 8.55. The van der Waals surface area contributed by atoms with E-state index in [1.807, 2.05) is 0 Å². The third-order valence-electron chi connectivity index (χ3n) is 2.33. The number of rotatable bonds is 1. The molecule has 66 valence electrons. The largest absolute Gasteiger partial charge is 0.248 e. The molecular formula is C8H10ClFN2. The van der Waals surface area contributed by atoms with E-state index >= 15 is 0 Å². The van der Waals surface area contributed by atoms with Crippen LogP contribution in [0, 0.1) is 0 Å². The van der Waals surface area contributed by atoms with Crippen molar-refractivity contribution in [2.45, 2.75) is 31.5 Å². The Bertz CT molecular complexity index is 274. The standard InChI is InChI=1S/C8H10ClFN2/c9-8-4-5-11-12(8)7-3-1-2-6(7)10/h4-7H,1-3H2. The minimum absolute atomic E-state index is 0.132. The molecule has 4 heteroatoms. The van der Waals surface area contributed by atoms with Crippen LogP contribution in [0.2, 0.25) is 5.15 Å². The number of hydrogen-bond donors (Lipinski definition) is 0. The maximum Gasteiger partial charge on any atom is 0.127 e. The summed E-state index contributed by atoms with van der Waals surface area (Å²) >= 11 is 5.82. The summed E-state index contributed by atoms with van der Waals surface area (Å²) in [6.45, 7) is 0. The van der Waals surface area contributed by atoms with E-state index in [1.54, 1.807) is 16.9 Å². The second-order valence-corrected chi connectivity index (χ2v) is 3.50. The van der Waals surface area contributed by atoms with Crippen LogP contribution in [0.4, 0.5) is 4.39 Å². The molecular weight excluding hydrogens is 179 g/mol. The molecule has 0 bridgehead atoms. The molecule has 1 fully saturated rings. The Morgan fingerprint density at radius 3 is 2.92 bits per heavy atom. The molecule has 1 aromatic rings. The normalized spacial score (nSPS) is 29.5. The molecule has 1 saturated carbocycles. The number of aromatic nitrogens is 2. The van der Waals surface area contributed by atoms with E-state index in [0.29, 0.717) is 11.6 Å². The summed E-state index contributed by atoms with van der Waals surface area (Å²) in [6, 6.07) is 1.56. The van der Waals surface area contributed by atoms with Crippen molar-refractivity contribution in [1.82, 2.24) is 9.78 Å². The van der Waals surface area contributed by atoms with Gasteiger partial charge in [0.25, 0.3) is 0 Å². The van der Waals surface area contributed by atoms with Gasteiger partial charge in [0.2, 0.25) is 0 Å². The minimum Gasteiger partial charge on any atom is -0.248 e. The molecule has 1 aliphatic carbocycles. The average molecular weight is 189 g/mol. The van der Waals surface area contributed by atoms with Crippen LogP contribution in [0.1, 0.15) is 25.3 Å². The molecule has 0 saturated heterocycles. The van der Waals surface area contributed by atoms with Crippen LogP contribution in [0.5, 0.6) is 0 Å². The lowest BCUT2D eigenvalue weighted by Gasteiger charge is -2.13. The fourth-order valence-corrected chi connectivity index (χ4v) is 1.94. The number of alkyl halides is 1. The Balaban J connectivity index is 2.24. The molecule has 2 atom stereocenters. The molecule has 1 aliphatic rings. The first kappa shape index (κ1) is 8.05. The lowest BCUT2D eigenvalue weighted by molar-refractivity contribution is 0.250. The van der Waals surface area contributed by atoms with E-state index in [9.17, 15) is 4.39 Å². The van der Waals surface area contributed by atoms with Crippen molar-refractivity contribution in [3.63, 3.8) is 0 Å². The molecule has 2 rings (SSSR count). The van der Waals surface area contributed by atoms with Gasteiger partial charge >= 0.3 is 0 Å². The Labute approximate surface area is 75.3 Å². The lowest BCUT2D eigenvalue weighted by atomic mass is 10.2. The summed E-state index contributed by atoms with van der Waals surface area (Å²) in [5.41, 5.74) is 0. The quantitative estimate of drug-likeness (QED) is 0.663. The van der Waals surface area contributed by atoms with Crippen molar-refractivity contribution in [2.75, 3.05) is 0 Å².